The average Bonchev–Trinajstić information content (AvgIpc) is 2.74. The van der Waals surface area contributed by atoms with E-state index in [0.29, 0.717) is 18.5 Å². The largest absolute Gasteiger partial charge is 0.495 e. The number of nitrogens with two attached hydrogens (primary N) is 1. The summed E-state index contributed by atoms with van der Waals surface area (Å²) in [5, 5.41) is 2.77. The van der Waals surface area contributed by atoms with Crippen LogP contribution in [0, 0.1) is 11.7 Å². The molecule has 0 bridgehead atoms. The number of carbonyl (C=O) groups excluding carboxylic acids is 2. The number of nitrogens with one attached hydrogen (secondary N) is 1. The number of piperidine rings is 1. The fraction of sp³-hybridized carbons (Fsp3) is 0.333. The third-order valence-corrected chi connectivity index (χ3v) is 6.98. The minimum atomic E-state index is -4.04. The van der Waals surface area contributed by atoms with Crippen molar-refractivity contribution in [2.24, 2.45) is 11.7 Å². The fourth-order valence-electron chi connectivity index (χ4n) is 3.52. The Morgan fingerprint density at radius 1 is 1.23 bits per heavy atom. The van der Waals surface area contributed by atoms with Crippen LogP contribution < -0.4 is 15.8 Å². The number of nitrogens with zero attached hydrogens (tertiary/aromatic N) is 1. The Morgan fingerprint density at radius 2 is 1.94 bits per heavy atom. The van der Waals surface area contributed by atoms with E-state index in [-0.39, 0.29) is 36.1 Å². The summed E-state index contributed by atoms with van der Waals surface area (Å²) in [4.78, 5) is 23.4. The van der Waals surface area contributed by atoms with E-state index < -0.39 is 27.7 Å². The van der Waals surface area contributed by atoms with E-state index in [4.69, 9.17) is 10.5 Å². The summed E-state index contributed by atoms with van der Waals surface area (Å²) in [6, 6.07) is 10.0. The fourth-order valence-corrected chi connectivity index (χ4v) is 5.21. The first-order valence-electron chi connectivity index (χ1n) is 9.72. The van der Waals surface area contributed by atoms with Crippen molar-refractivity contribution in [1.82, 2.24) is 4.31 Å². The van der Waals surface area contributed by atoms with E-state index >= 15 is 0 Å². The highest BCUT2D eigenvalue weighted by Gasteiger charge is 2.35. The first kappa shape index (κ1) is 22.7. The second-order valence-electron chi connectivity index (χ2n) is 7.33. The van der Waals surface area contributed by atoms with Crippen molar-refractivity contribution in [3.05, 3.63) is 53.8 Å². The summed E-state index contributed by atoms with van der Waals surface area (Å²) >= 11 is 0. The van der Waals surface area contributed by atoms with Gasteiger partial charge in [0, 0.05) is 18.8 Å². The molecule has 2 aromatic rings. The monoisotopic (exact) mass is 449 g/mol. The van der Waals surface area contributed by atoms with E-state index in [9.17, 15) is 22.4 Å². The van der Waals surface area contributed by atoms with Crippen LogP contribution in [0.15, 0.2) is 47.4 Å². The van der Waals surface area contributed by atoms with Gasteiger partial charge in [-0.1, -0.05) is 12.1 Å². The molecule has 1 aliphatic rings. The van der Waals surface area contributed by atoms with E-state index in [1.165, 1.54) is 17.5 Å². The number of methoxy groups -OCH3 is 1. The quantitative estimate of drug-likeness (QED) is 0.669. The summed E-state index contributed by atoms with van der Waals surface area (Å²) in [6.45, 7) is 0.210. The van der Waals surface area contributed by atoms with Crippen molar-refractivity contribution in [3.63, 3.8) is 0 Å². The van der Waals surface area contributed by atoms with Gasteiger partial charge in [-0.2, -0.15) is 4.31 Å². The van der Waals surface area contributed by atoms with Gasteiger partial charge < -0.3 is 15.8 Å². The van der Waals surface area contributed by atoms with Crippen LogP contribution >= 0.6 is 0 Å². The van der Waals surface area contributed by atoms with Gasteiger partial charge >= 0.3 is 0 Å². The summed E-state index contributed by atoms with van der Waals surface area (Å²) in [5.74, 6) is -1.97. The van der Waals surface area contributed by atoms with Crippen molar-refractivity contribution < 1.29 is 27.1 Å². The molecular formula is C21H24FN3O5S. The highest BCUT2D eigenvalue weighted by molar-refractivity contribution is 7.89. The van der Waals surface area contributed by atoms with Crippen LogP contribution in [0.1, 0.15) is 18.4 Å². The van der Waals surface area contributed by atoms with Crippen LogP contribution in [0.2, 0.25) is 0 Å². The number of hydrogen-bond acceptors (Lipinski definition) is 5. The topological polar surface area (TPSA) is 119 Å². The van der Waals surface area contributed by atoms with Crippen molar-refractivity contribution in [2.75, 3.05) is 25.5 Å². The number of primary amides is 1. The first-order valence-corrected chi connectivity index (χ1v) is 11.2. The molecule has 2 aromatic carbocycles. The van der Waals surface area contributed by atoms with Gasteiger partial charge in [0.25, 0.3) is 0 Å². The minimum absolute atomic E-state index is 0.0202. The minimum Gasteiger partial charge on any atom is -0.495 e. The van der Waals surface area contributed by atoms with Gasteiger partial charge in [0.05, 0.1) is 19.4 Å². The molecule has 1 fully saturated rings. The Labute approximate surface area is 180 Å². The van der Waals surface area contributed by atoms with Crippen LogP contribution in [0.4, 0.5) is 10.1 Å². The number of hydrogen-bond donors (Lipinski definition) is 2. The van der Waals surface area contributed by atoms with Crippen LogP contribution in [0.25, 0.3) is 0 Å². The molecule has 166 valence electrons. The predicted molar refractivity (Wildman–Crippen MR) is 112 cm³/mol. The van der Waals surface area contributed by atoms with Gasteiger partial charge in [-0.15, -0.1) is 0 Å². The summed E-state index contributed by atoms with van der Waals surface area (Å²) in [7, 11) is -2.73. The number of amides is 2. The van der Waals surface area contributed by atoms with Gasteiger partial charge in [0.2, 0.25) is 21.8 Å². The maximum atomic E-state index is 13.7. The Hall–Kier alpha value is -2.98. The van der Waals surface area contributed by atoms with Crippen LogP contribution in [0.5, 0.6) is 5.75 Å². The zero-order valence-electron chi connectivity index (χ0n) is 17.0. The van der Waals surface area contributed by atoms with Gasteiger partial charge in [-0.3, -0.25) is 9.59 Å². The van der Waals surface area contributed by atoms with Gasteiger partial charge in [-0.05, 0) is 48.7 Å². The molecule has 3 N–H and O–H groups in total. The molecule has 0 saturated carbocycles. The molecule has 1 heterocycles. The molecule has 31 heavy (non-hydrogen) atoms. The number of anilines is 1. The standard InChI is InChI=1S/C21H24FN3O5S/c1-30-18-9-6-16(22)12-19(18)31(28,29)25-10-2-3-15(13-25)21(27)24-17-7-4-14(5-8-17)11-20(23)26/h4-9,12,15H,2-3,10-11,13H2,1H3,(H2,23,26)(H,24,27)/t15-/m0/s1. The Balaban J connectivity index is 1.72. The third kappa shape index (κ3) is 5.39. The van der Waals surface area contributed by atoms with Crippen molar-refractivity contribution in [3.8, 4) is 5.75 Å². The van der Waals surface area contributed by atoms with Crippen LogP contribution in [-0.4, -0.2) is 44.7 Å². The number of ether oxygens (including phenoxy) is 1. The molecule has 0 spiro atoms. The van der Waals surface area contributed by atoms with E-state index in [1.54, 1.807) is 24.3 Å². The van der Waals surface area contributed by atoms with E-state index in [0.717, 1.165) is 17.7 Å². The van der Waals surface area contributed by atoms with Crippen LogP contribution in [0.3, 0.4) is 0 Å². The second-order valence-corrected chi connectivity index (χ2v) is 9.23. The maximum Gasteiger partial charge on any atom is 0.246 e. The highest BCUT2D eigenvalue weighted by atomic mass is 32.2. The molecule has 0 aliphatic carbocycles. The van der Waals surface area contributed by atoms with Gasteiger partial charge in [0.15, 0.2) is 0 Å². The summed E-state index contributed by atoms with van der Waals surface area (Å²) in [5.41, 5.74) is 6.43. The van der Waals surface area contributed by atoms with Crippen molar-refractivity contribution >= 4 is 27.5 Å². The molecular weight excluding hydrogens is 425 g/mol. The predicted octanol–water partition coefficient (Wildman–Crippen LogP) is 1.90. The third-order valence-electron chi connectivity index (χ3n) is 5.10. The maximum absolute atomic E-state index is 13.7. The number of carbonyl (C=O) groups is 2. The highest BCUT2D eigenvalue weighted by Crippen LogP contribution is 2.30. The zero-order chi connectivity index (χ0) is 22.6. The van der Waals surface area contributed by atoms with E-state index in [1.807, 2.05) is 0 Å². The lowest BCUT2D eigenvalue weighted by Crippen LogP contribution is -2.43. The lowest BCUT2D eigenvalue weighted by molar-refractivity contribution is -0.121. The smallest absolute Gasteiger partial charge is 0.246 e. The van der Waals surface area contributed by atoms with Crippen LogP contribution in [-0.2, 0) is 26.0 Å². The lowest BCUT2D eigenvalue weighted by atomic mass is 9.98. The molecule has 1 aliphatic heterocycles. The normalized spacial score (nSPS) is 17.2. The second kappa shape index (κ2) is 9.44. The average molecular weight is 450 g/mol. The molecule has 1 saturated heterocycles. The zero-order valence-corrected chi connectivity index (χ0v) is 17.8. The molecule has 2 amide bonds. The molecule has 10 heteroatoms. The number of rotatable bonds is 7. The number of halogens is 1. The van der Waals surface area contributed by atoms with Gasteiger partial charge in [0.1, 0.15) is 16.5 Å². The summed E-state index contributed by atoms with van der Waals surface area (Å²) < 4.78 is 46.1. The Morgan fingerprint density at radius 3 is 2.58 bits per heavy atom. The summed E-state index contributed by atoms with van der Waals surface area (Å²) in [6.07, 6.45) is 1.12. The SMILES string of the molecule is COc1ccc(F)cc1S(=O)(=O)N1CCC[C@H](C(=O)Nc2ccc(CC(N)=O)cc2)C1. The molecule has 8 nitrogen and oxygen atoms in total. The first-order chi connectivity index (χ1) is 14.7. The molecule has 3 rings (SSSR count). The lowest BCUT2D eigenvalue weighted by Gasteiger charge is -2.31. The Kier molecular flexibility index (Phi) is 6.91. The van der Waals surface area contributed by atoms with E-state index in [2.05, 4.69) is 5.32 Å². The van der Waals surface area contributed by atoms with Crippen molar-refractivity contribution in [2.45, 2.75) is 24.2 Å². The Bertz CT molecular complexity index is 1070. The van der Waals surface area contributed by atoms with Gasteiger partial charge in [-0.25, -0.2) is 12.8 Å². The number of sulfonamides is 1. The van der Waals surface area contributed by atoms with Crippen molar-refractivity contribution in [1.29, 1.82) is 0 Å². The molecule has 0 radical (unpaired) electrons. The molecule has 0 unspecified atom stereocenters. The molecule has 0 aromatic heterocycles. The number of benzene rings is 2. The molecule has 1 atom stereocenters.